The Morgan fingerprint density at radius 2 is 1.68 bits per heavy atom. The molecule has 1 heterocycles. The molecule has 0 amide bonds. The summed E-state index contributed by atoms with van der Waals surface area (Å²) >= 11 is 5.42. The van der Waals surface area contributed by atoms with Crippen LogP contribution in [0.5, 0.6) is 0 Å². The number of hydrogen-bond donors (Lipinski definition) is 0. The van der Waals surface area contributed by atoms with E-state index in [9.17, 15) is 0 Å². The molecule has 0 saturated heterocycles. The maximum Gasteiger partial charge on any atom is 0.200 e. The third-order valence-corrected chi connectivity index (χ3v) is 3.56. The lowest BCUT2D eigenvalue weighted by Gasteiger charge is -2.12. The van der Waals surface area contributed by atoms with E-state index < -0.39 is 0 Å². The molecular formula is C16H14N2S. The topological polar surface area (TPSA) is 17.8 Å². The van der Waals surface area contributed by atoms with Crippen molar-refractivity contribution in [3.8, 4) is 11.3 Å². The summed E-state index contributed by atoms with van der Waals surface area (Å²) in [7, 11) is 0. The van der Waals surface area contributed by atoms with Crippen LogP contribution in [-0.2, 0) is 6.54 Å². The fourth-order valence-corrected chi connectivity index (χ4v) is 2.67. The minimum Gasteiger partial charge on any atom is -0.317 e. The third kappa shape index (κ3) is 2.06. The molecule has 0 aliphatic heterocycles. The molecule has 0 fully saturated rings. The standard InChI is InChI=1S/C16H14N2S/c1-2-18-14-11-7-6-10-13(14)15(17-16(18)19)12-8-4-3-5-9-12/h3-11H,2H2,1H3. The molecule has 0 aliphatic rings. The maximum absolute atomic E-state index is 5.42. The largest absolute Gasteiger partial charge is 0.317 e. The summed E-state index contributed by atoms with van der Waals surface area (Å²) in [6.07, 6.45) is 0. The van der Waals surface area contributed by atoms with Crippen molar-refractivity contribution in [1.82, 2.24) is 9.55 Å². The molecule has 0 unspecified atom stereocenters. The molecule has 3 heteroatoms. The second-order valence-electron chi connectivity index (χ2n) is 4.37. The first-order chi connectivity index (χ1) is 9.31. The van der Waals surface area contributed by atoms with Gasteiger partial charge in [-0.25, -0.2) is 4.98 Å². The van der Waals surface area contributed by atoms with Crippen LogP contribution in [0.1, 0.15) is 6.92 Å². The predicted molar refractivity (Wildman–Crippen MR) is 81.7 cm³/mol. The van der Waals surface area contributed by atoms with Crippen molar-refractivity contribution < 1.29 is 0 Å². The number of nitrogens with zero attached hydrogens (tertiary/aromatic N) is 2. The van der Waals surface area contributed by atoms with Gasteiger partial charge in [-0.05, 0) is 25.2 Å². The fourth-order valence-electron chi connectivity index (χ4n) is 2.35. The number of benzene rings is 2. The van der Waals surface area contributed by atoms with Crippen molar-refractivity contribution >= 4 is 23.1 Å². The van der Waals surface area contributed by atoms with Crippen molar-refractivity contribution in [3.63, 3.8) is 0 Å². The summed E-state index contributed by atoms with van der Waals surface area (Å²) in [6, 6.07) is 18.5. The molecule has 0 radical (unpaired) electrons. The first kappa shape index (κ1) is 12.1. The molecular weight excluding hydrogens is 252 g/mol. The molecule has 2 aromatic carbocycles. The Morgan fingerprint density at radius 1 is 1.00 bits per heavy atom. The number of aromatic nitrogens is 2. The fraction of sp³-hybridized carbons (Fsp3) is 0.125. The Balaban J connectivity index is 2.42. The lowest BCUT2D eigenvalue weighted by molar-refractivity contribution is 0.755. The Bertz CT molecular complexity index is 776. The molecule has 3 rings (SSSR count). The van der Waals surface area contributed by atoms with Crippen LogP contribution in [0.25, 0.3) is 22.2 Å². The van der Waals surface area contributed by atoms with E-state index in [4.69, 9.17) is 12.2 Å². The van der Waals surface area contributed by atoms with Crippen LogP contribution in [0.15, 0.2) is 54.6 Å². The molecule has 0 N–H and O–H groups in total. The maximum atomic E-state index is 5.42. The highest BCUT2D eigenvalue weighted by Gasteiger charge is 2.08. The highest BCUT2D eigenvalue weighted by atomic mass is 32.1. The van der Waals surface area contributed by atoms with Gasteiger partial charge in [-0.1, -0.05) is 48.5 Å². The highest BCUT2D eigenvalue weighted by molar-refractivity contribution is 7.71. The summed E-state index contributed by atoms with van der Waals surface area (Å²) in [5, 5.41) is 1.14. The van der Waals surface area contributed by atoms with E-state index in [1.807, 2.05) is 30.3 Å². The molecule has 0 bridgehead atoms. The minimum absolute atomic E-state index is 0.639. The monoisotopic (exact) mass is 266 g/mol. The SMILES string of the molecule is CCn1c(=S)nc(-c2ccccc2)c2ccccc21. The summed E-state index contributed by atoms with van der Waals surface area (Å²) in [4.78, 5) is 4.62. The van der Waals surface area contributed by atoms with Crippen molar-refractivity contribution in [2.24, 2.45) is 0 Å². The van der Waals surface area contributed by atoms with Gasteiger partial charge in [0.1, 0.15) is 0 Å². The van der Waals surface area contributed by atoms with Crippen LogP contribution in [0.3, 0.4) is 0 Å². The van der Waals surface area contributed by atoms with E-state index >= 15 is 0 Å². The molecule has 0 aliphatic carbocycles. The van der Waals surface area contributed by atoms with Crippen LogP contribution < -0.4 is 0 Å². The summed E-state index contributed by atoms with van der Waals surface area (Å²) in [6.45, 7) is 2.92. The zero-order valence-corrected chi connectivity index (χ0v) is 11.5. The molecule has 0 saturated carbocycles. The summed E-state index contributed by atoms with van der Waals surface area (Å²) in [5.74, 6) is 0. The minimum atomic E-state index is 0.639. The number of rotatable bonds is 2. The molecule has 94 valence electrons. The van der Waals surface area contributed by atoms with Crippen LogP contribution in [0, 0.1) is 4.77 Å². The predicted octanol–water partition coefficient (Wildman–Crippen LogP) is 4.45. The average Bonchev–Trinajstić information content (AvgIpc) is 2.47. The van der Waals surface area contributed by atoms with E-state index in [0.717, 1.165) is 28.7 Å². The van der Waals surface area contributed by atoms with E-state index in [1.54, 1.807) is 0 Å². The molecule has 19 heavy (non-hydrogen) atoms. The second-order valence-corrected chi connectivity index (χ2v) is 4.74. The molecule has 3 aromatic rings. The number of fused-ring (bicyclic) bond motifs is 1. The van der Waals surface area contributed by atoms with Crippen LogP contribution in [0.4, 0.5) is 0 Å². The van der Waals surface area contributed by atoms with Gasteiger partial charge in [0.25, 0.3) is 0 Å². The molecule has 2 nitrogen and oxygen atoms in total. The van der Waals surface area contributed by atoms with E-state index in [2.05, 4.69) is 40.7 Å². The second kappa shape index (κ2) is 4.94. The van der Waals surface area contributed by atoms with Crippen molar-refractivity contribution in [2.45, 2.75) is 13.5 Å². The average molecular weight is 266 g/mol. The first-order valence-corrected chi connectivity index (χ1v) is 6.77. The van der Waals surface area contributed by atoms with Gasteiger partial charge < -0.3 is 4.57 Å². The number of hydrogen-bond acceptors (Lipinski definition) is 2. The van der Waals surface area contributed by atoms with Gasteiger partial charge in [0.2, 0.25) is 4.77 Å². The van der Waals surface area contributed by atoms with Crippen molar-refractivity contribution in [1.29, 1.82) is 0 Å². The first-order valence-electron chi connectivity index (χ1n) is 6.36. The van der Waals surface area contributed by atoms with Crippen LogP contribution >= 0.6 is 12.2 Å². The van der Waals surface area contributed by atoms with Crippen molar-refractivity contribution in [2.75, 3.05) is 0 Å². The molecule has 0 spiro atoms. The van der Waals surface area contributed by atoms with Gasteiger partial charge in [0.15, 0.2) is 0 Å². The van der Waals surface area contributed by atoms with Gasteiger partial charge in [0, 0.05) is 17.5 Å². The summed E-state index contributed by atoms with van der Waals surface area (Å²) in [5.41, 5.74) is 3.21. The van der Waals surface area contributed by atoms with Gasteiger partial charge in [0.05, 0.1) is 11.2 Å². The summed E-state index contributed by atoms with van der Waals surface area (Å²) < 4.78 is 2.71. The zero-order valence-electron chi connectivity index (χ0n) is 10.7. The quantitative estimate of drug-likeness (QED) is 0.638. The van der Waals surface area contributed by atoms with E-state index in [1.165, 1.54) is 0 Å². The molecule has 1 aromatic heterocycles. The Morgan fingerprint density at radius 3 is 2.42 bits per heavy atom. The highest BCUT2D eigenvalue weighted by Crippen LogP contribution is 2.26. The normalized spacial score (nSPS) is 10.8. The third-order valence-electron chi connectivity index (χ3n) is 3.25. The number of aryl methyl sites for hydroxylation is 1. The molecule has 0 atom stereocenters. The van der Waals surface area contributed by atoms with Gasteiger partial charge in [-0.15, -0.1) is 0 Å². The Kier molecular flexibility index (Phi) is 3.13. The van der Waals surface area contributed by atoms with Gasteiger partial charge in [-0.3, -0.25) is 0 Å². The van der Waals surface area contributed by atoms with E-state index in [0.29, 0.717) is 4.77 Å². The van der Waals surface area contributed by atoms with Crippen LogP contribution in [0.2, 0.25) is 0 Å². The smallest absolute Gasteiger partial charge is 0.200 e. The van der Waals surface area contributed by atoms with Gasteiger partial charge in [-0.2, -0.15) is 0 Å². The lowest BCUT2D eigenvalue weighted by atomic mass is 10.1. The van der Waals surface area contributed by atoms with Crippen LogP contribution in [-0.4, -0.2) is 9.55 Å². The van der Waals surface area contributed by atoms with Crippen molar-refractivity contribution in [3.05, 3.63) is 59.4 Å². The Hall–Kier alpha value is -2.00. The lowest BCUT2D eigenvalue weighted by Crippen LogP contribution is -2.03. The van der Waals surface area contributed by atoms with E-state index in [-0.39, 0.29) is 0 Å². The number of para-hydroxylation sites is 1. The zero-order chi connectivity index (χ0) is 13.2. The van der Waals surface area contributed by atoms with Gasteiger partial charge >= 0.3 is 0 Å². The Labute approximate surface area is 117 Å².